The molecule has 0 bridgehead atoms. The summed E-state index contributed by atoms with van der Waals surface area (Å²) in [6, 6.07) is -1.44. The molecule has 0 aliphatic heterocycles. The highest BCUT2D eigenvalue weighted by Crippen LogP contribution is 2.32. The van der Waals surface area contributed by atoms with E-state index in [1.54, 1.807) is 6.08 Å². The topological polar surface area (TPSA) is 111 Å². The van der Waals surface area contributed by atoms with Crippen molar-refractivity contribution in [2.45, 2.75) is 170 Å². The van der Waals surface area contributed by atoms with Crippen LogP contribution in [0, 0.1) is 10.8 Å². The highest BCUT2D eigenvalue weighted by Gasteiger charge is 2.23. The van der Waals surface area contributed by atoms with E-state index in [1.165, 1.54) is 118 Å². The van der Waals surface area contributed by atoms with E-state index in [0.29, 0.717) is 5.41 Å². The number of ether oxygens (including phenoxy) is 2. The van der Waals surface area contributed by atoms with Gasteiger partial charge in [-0.3, -0.25) is 9.59 Å². The first-order chi connectivity index (χ1) is 22.7. The molecule has 0 aromatic heterocycles. The number of carbonyl (C=O) groups is 4. The highest BCUT2D eigenvalue weighted by atomic mass is 16.5. The van der Waals surface area contributed by atoms with Crippen LogP contribution in [0.1, 0.15) is 158 Å². The number of amides is 2. The van der Waals surface area contributed by atoms with Gasteiger partial charge < -0.3 is 20.1 Å². The number of hydrogen-bond donors (Lipinski definition) is 2. The molecule has 0 aliphatic rings. The summed E-state index contributed by atoms with van der Waals surface area (Å²) in [5.74, 6) is -1.48. The highest BCUT2D eigenvalue weighted by molar-refractivity contribution is 5.85. The van der Waals surface area contributed by atoms with Crippen molar-refractivity contribution in [1.29, 1.82) is 0 Å². The Balaban J connectivity index is -0.000000690. The zero-order chi connectivity index (χ0) is 37.4. The maximum Gasteiger partial charge on any atom is 0.332 e. The quantitative estimate of drug-likeness (QED) is 0.0598. The Kier molecular flexibility index (Phi) is 32.3. The molecule has 0 aromatic carbocycles. The van der Waals surface area contributed by atoms with E-state index in [1.807, 2.05) is 0 Å². The van der Waals surface area contributed by atoms with E-state index in [4.69, 9.17) is 4.74 Å². The molecule has 8 heteroatoms. The summed E-state index contributed by atoms with van der Waals surface area (Å²) in [7, 11) is 2.59. The third-order valence-corrected chi connectivity index (χ3v) is 8.39. The van der Waals surface area contributed by atoms with Gasteiger partial charge in [-0.05, 0) is 36.5 Å². The van der Waals surface area contributed by atoms with Crippen LogP contribution in [-0.4, -0.2) is 50.1 Å². The fourth-order valence-corrected chi connectivity index (χ4v) is 5.45. The van der Waals surface area contributed by atoms with Crippen molar-refractivity contribution in [1.82, 2.24) is 10.6 Å². The van der Waals surface area contributed by atoms with Gasteiger partial charge in [-0.2, -0.15) is 0 Å². The molecule has 0 spiro atoms. The van der Waals surface area contributed by atoms with Crippen molar-refractivity contribution in [3.8, 4) is 0 Å². The second-order valence-electron chi connectivity index (χ2n) is 13.3. The summed E-state index contributed by atoms with van der Waals surface area (Å²) in [4.78, 5) is 44.2. The molecule has 0 radical (unpaired) electrons. The lowest BCUT2D eigenvalue weighted by molar-refractivity contribution is -0.143. The molecule has 2 unspecified atom stereocenters. The molecular formula is C40H74N2O6. The van der Waals surface area contributed by atoms with Crippen LogP contribution in [0.4, 0.5) is 0 Å². The lowest BCUT2D eigenvalue weighted by atomic mass is 9.80. The third-order valence-electron chi connectivity index (χ3n) is 8.39. The van der Waals surface area contributed by atoms with E-state index in [0.717, 1.165) is 19.3 Å². The number of nitrogens with one attached hydrogen (secondary N) is 2. The van der Waals surface area contributed by atoms with E-state index in [9.17, 15) is 19.2 Å². The molecule has 0 rings (SSSR count). The Bertz CT molecular complexity index is 917. The van der Waals surface area contributed by atoms with Gasteiger partial charge in [0, 0.05) is 13.8 Å². The van der Waals surface area contributed by atoms with Crippen molar-refractivity contribution in [2.75, 3.05) is 14.2 Å². The molecule has 0 aliphatic carbocycles. The molecule has 280 valence electrons. The molecule has 2 N–H and O–H groups in total. The van der Waals surface area contributed by atoms with Crippen molar-refractivity contribution in [3.05, 3.63) is 37.5 Å². The van der Waals surface area contributed by atoms with Gasteiger partial charge in [0.05, 0.1) is 14.2 Å². The molecule has 48 heavy (non-hydrogen) atoms. The van der Waals surface area contributed by atoms with Crippen LogP contribution < -0.4 is 10.6 Å². The van der Waals surface area contributed by atoms with Crippen LogP contribution in [0.2, 0.25) is 0 Å². The number of carbonyl (C=O) groups excluding carboxylic acids is 4. The van der Waals surface area contributed by atoms with Gasteiger partial charge in [-0.25, -0.2) is 9.59 Å². The maximum atomic E-state index is 11.8. The zero-order valence-corrected chi connectivity index (χ0v) is 32.6. The van der Waals surface area contributed by atoms with E-state index in [2.05, 4.69) is 82.2 Å². The molecule has 0 saturated heterocycles. The summed E-state index contributed by atoms with van der Waals surface area (Å²) in [6.07, 6.45) is 27.8. The molecule has 0 aromatic rings. The Morgan fingerprint density at radius 3 is 1.38 bits per heavy atom. The second kappa shape index (κ2) is 31.4. The summed E-state index contributed by atoms with van der Waals surface area (Å²) in [5.41, 5.74) is 0.465. The number of allylic oxidation sites excluding steroid dienone is 2. The Morgan fingerprint density at radius 1 is 0.604 bits per heavy atom. The van der Waals surface area contributed by atoms with Gasteiger partial charge in [0.2, 0.25) is 11.8 Å². The van der Waals surface area contributed by atoms with Crippen LogP contribution in [0.3, 0.4) is 0 Å². The summed E-state index contributed by atoms with van der Waals surface area (Å²) in [6.45, 7) is 23.6. The fraction of sp³-hybridized carbons (Fsp3) is 0.750. The molecule has 0 heterocycles. The summed E-state index contributed by atoms with van der Waals surface area (Å²) >= 11 is 0. The van der Waals surface area contributed by atoms with Crippen LogP contribution >= 0.6 is 0 Å². The number of unbranched alkanes of at least 4 members (excludes halogenated alkanes) is 8. The lowest BCUT2D eigenvalue weighted by Gasteiger charge is -2.26. The fourth-order valence-electron chi connectivity index (χ4n) is 5.45. The number of esters is 2. The van der Waals surface area contributed by atoms with E-state index >= 15 is 0 Å². The lowest BCUT2D eigenvalue weighted by Crippen LogP contribution is -2.39. The number of hydrogen-bond acceptors (Lipinski definition) is 6. The van der Waals surface area contributed by atoms with Gasteiger partial charge >= 0.3 is 11.9 Å². The predicted octanol–water partition coefficient (Wildman–Crippen LogP) is 9.58. The van der Waals surface area contributed by atoms with Crippen LogP contribution in [0.5, 0.6) is 0 Å². The molecule has 8 nitrogen and oxygen atoms in total. The third kappa shape index (κ3) is 28.1. The first-order valence-electron chi connectivity index (χ1n) is 18.3. The second-order valence-corrected chi connectivity index (χ2v) is 13.3. The Labute approximate surface area is 295 Å². The van der Waals surface area contributed by atoms with E-state index < -0.39 is 24.0 Å². The Hall–Kier alpha value is -2.90. The van der Waals surface area contributed by atoms with Crippen molar-refractivity contribution in [3.63, 3.8) is 0 Å². The largest absolute Gasteiger partial charge is 0.467 e. The van der Waals surface area contributed by atoms with Crippen molar-refractivity contribution < 1.29 is 28.7 Å². The van der Waals surface area contributed by atoms with Gasteiger partial charge in [-0.15, -0.1) is 13.2 Å². The first kappa shape index (κ1) is 49.5. The average Bonchev–Trinajstić information content (AvgIpc) is 3.05. The molecular weight excluding hydrogens is 604 g/mol. The monoisotopic (exact) mass is 679 g/mol. The van der Waals surface area contributed by atoms with Gasteiger partial charge in [0.15, 0.2) is 0 Å². The van der Waals surface area contributed by atoms with Gasteiger partial charge in [-0.1, -0.05) is 143 Å². The molecule has 0 saturated carbocycles. The number of rotatable bonds is 24. The summed E-state index contributed by atoms with van der Waals surface area (Å²) < 4.78 is 9.14. The normalized spacial score (nSPS) is 14.3. The molecule has 0 fully saturated rings. The summed E-state index contributed by atoms with van der Waals surface area (Å²) in [5, 5.41) is 4.98. The minimum absolute atomic E-state index is 0.0612. The SMILES string of the molecule is C=CC(C)(CCC)CCCCCCC.C=C[C@H](NC(C)=O)C(=O)OC.CCCCCCCC(C)(/C=C/[C@H](NC(C)=O)C(=O)OC)CCC. The van der Waals surface area contributed by atoms with Gasteiger partial charge in [0.25, 0.3) is 0 Å². The van der Waals surface area contributed by atoms with Crippen LogP contribution in [0.25, 0.3) is 0 Å². The smallest absolute Gasteiger partial charge is 0.332 e. The minimum atomic E-state index is -0.738. The van der Waals surface area contributed by atoms with Crippen LogP contribution in [0.15, 0.2) is 37.5 Å². The maximum absolute atomic E-state index is 11.8. The zero-order valence-electron chi connectivity index (χ0n) is 32.6. The predicted molar refractivity (Wildman–Crippen MR) is 202 cm³/mol. The average molecular weight is 679 g/mol. The molecule has 2 amide bonds. The number of methoxy groups -OCH3 is 2. The van der Waals surface area contributed by atoms with Crippen molar-refractivity contribution >= 4 is 23.8 Å². The molecule has 4 atom stereocenters. The minimum Gasteiger partial charge on any atom is -0.467 e. The van der Waals surface area contributed by atoms with Crippen LogP contribution in [-0.2, 0) is 28.7 Å². The first-order valence-corrected chi connectivity index (χ1v) is 18.3. The van der Waals surface area contributed by atoms with E-state index in [-0.39, 0.29) is 17.2 Å². The standard InChI is InChI=1S/C19H35NO3.C14H28.C7H11NO3/c1-6-8-9-10-11-14-19(4,13-7-2)15-12-17(18(22)23-5)20-16(3)21;1-5-8-9-10-11-13-14(4,7-3)12-6-2;1-4-6(7(10)11-3)8-5(2)9/h12,15,17H,6-11,13-14H2,1-5H3,(H,20,21);7H,3,5-6,8-13H2,1-2,4H3;4,6H,1H2,2-3H3,(H,8,9)/b15-12+;;/t17-,19?;;6-/m0.0/s1. The van der Waals surface area contributed by atoms with Gasteiger partial charge in [0.1, 0.15) is 12.1 Å². The van der Waals surface area contributed by atoms with Crippen molar-refractivity contribution in [2.24, 2.45) is 10.8 Å². The Morgan fingerprint density at radius 2 is 1.00 bits per heavy atom.